The third kappa shape index (κ3) is 5.89. The molecule has 1 saturated carbocycles. The molecule has 1 amide bonds. The molecule has 1 aromatic heterocycles. The standard InChI is InChI=1S/C14H25N5O3S/c1-3-4-5-6-11(2)15-14(20)10-23(21,22)9-13-16-17-18-19(13)12-7-8-12/h11-12H,3-10H2,1-2H3,(H,15,20)/t11-/m0/s1. The summed E-state index contributed by atoms with van der Waals surface area (Å²) in [5.41, 5.74) is 0. The summed E-state index contributed by atoms with van der Waals surface area (Å²) in [6.07, 6.45) is 6.05. The molecule has 0 aliphatic heterocycles. The van der Waals surface area contributed by atoms with Gasteiger partial charge in [-0.2, -0.15) is 0 Å². The number of unbranched alkanes of at least 4 members (excludes halogenated alkanes) is 2. The Morgan fingerprint density at radius 1 is 1.39 bits per heavy atom. The first kappa shape index (κ1) is 17.8. The average molecular weight is 343 g/mol. The van der Waals surface area contributed by atoms with Gasteiger partial charge in [-0.3, -0.25) is 4.79 Å². The van der Waals surface area contributed by atoms with Gasteiger partial charge in [-0.05, 0) is 36.6 Å². The third-order valence-corrected chi connectivity index (χ3v) is 5.20. The highest BCUT2D eigenvalue weighted by molar-refractivity contribution is 7.91. The van der Waals surface area contributed by atoms with Gasteiger partial charge in [0.15, 0.2) is 15.7 Å². The second-order valence-corrected chi connectivity index (χ2v) is 8.33. The van der Waals surface area contributed by atoms with Crippen LogP contribution in [0, 0.1) is 0 Å². The van der Waals surface area contributed by atoms with Crippen LogP contribution >= 0.6 is 0 Å². The van der Waals surface area contributed by atoms with Gasteiger partial charge in [-0.1, -0.05) is 26.2 Å². The Bertz CT molecular complexity index is 624. The van der Waals surface area contributed by atoms with E-state index in [1.807, 2.05) is 6.92 Å². The van der Waals surface area contributed by atoms with Crippen molar-refractivity contribution in [3.8, 4) is 0 Å². The monoisotopic (exact) mass is 343 g/mol. The van der Waals surface area contributed by atoms with Crippen LogP contribution in [0.25, 0.3) is 0 Å². The van der Waals surface area contributed by atoms with Gasteiger partial charge in [-0.15, -0.1) is 5.10 Å². The molecule has 1 aromatic rings. The van der Waals surface area contributed by atoms with E-state index in [0.717, 1.165) is 38.5 Å². The van der Waals surface area contributed by atoms with E-state index in [4.69, 9.17) is 0 Å². The Kier molecular flexibility index (Phi) is 6.09. The summed E-state index contributed by atoms with van der Waals surface area (Å²) in [5, 5.41) is 13.9. The molecule has 0 spiro atoms. The fourth-order valence-electron chi connectivity index (χ4n) is 2.45. The molecule has 23 heavy (non-hydrogen) atoms. The van der Waals surface area contributed by atoms with Gasteiger partial charge < -0.3 is 5.32 Å². The Hall–Kier alpha value is -1.51. The van der Waals surface area contributed by atoms with E-state index in [0.29, 0.717) is 5.82 Å². The van der Waals surface area contributed by atoms with Crippen molar-refractivity contribution in [2.75, 3.05) is 5.75 Å². The predicted octanol–water partition coefficient (Wildman–Crippen LogP) is 1.01. The number of hydrogen-bond donors (Lipinski definition) is 1. The first-order chi connectivity index (χ1) is 10.9. The van der Waals surface area contributed by atoms with E-state index >= 15 is 0 Å². The largest absolute Gasteiger partial charge is 0.353 e. The zero-order chi connectivity index (χ0) is 16.9. The van der Waals surface area contributed by atoms with Crippen LogP contribution in [-0.2, 0) is 20.4 Å². The highest BCUT2D eigenvalue weighted by Gasteiger charge is 2.30. The van der Waals surface area contributed by atoms with Crippen LogP contribution in [-0.4, -0.2) is 46.3 Å². The Labute approximate surface area is 136 Å². The maximum absolute atomic E-state index is 12.2. The molecule has 1 atom stereocenters. The molecule has 8 nitrogen and oxygen atoms in total. The van der Waals surface area contributed by atoms with E-state index in [-0.39, 0.29) is 17.8 Å². The topological polar surface area (TPSA) is 107 Å². The van der Waals surface area contributed by atoms with Gasteiger partial charge >= 0.3 is 0 Å². The SMILES string of the molecule is CCCCC[C@H](C)NC(=O)CS(=O)(=O)Cc1nnnn1C1CC1. The molecule has 1 aliphatic carbocycles. The summed E-state index contributed by atoms with van der Waals surface area (Å²) >= 11 is 0. The molecule has 0 radical (unpaired) electrons. The molecule has 0 bridgehead atoms. The summed E-state index contributed by atoms with van der Waals surface area (Å²) in [4.78, 5) is 11.9. The van der Waals surface area contributed by atoms with Gasteiger partial charge in [0.25, 0.3) is 0 Å². The fraction of sp³-hybridized carbons (Fsp3) is 0.857. The number of carbonyl (C=O) groups is 1. The number of amides is 1. The van der Waals surface area contributed by atoms with Crippen molar-refractivity contribution in [3.05, 3.63) is 5.82 Å². The summed E-state index contributed by atoms with van der Waals surface area (Å²) < 4.78 is 25.9. The molecule has 0 unspecified atom stereocenters. The van der Waals surface area contributed by atoms with Crippen LogP contribution < -0.4 is 5.32 Å². The summed E-state index contributed by atoms with van der Waals surface area (Å²) in [6, 6.07) is 0.198. The average Bonchev–Trinajstić information content (AvgIpc) is 3.19. The molecule has 1 aliphatic rings. The Balaban J connectivity index is 1.82. The van der Waals surface area contributed by atoms with Gasteiger partial charge in [0.1, 0.15) is 11.5 Å². The van der Waals surface area contributed by atoms with Crippen LogP contribution in [0.5, 0.6) is 0 Å². The molecule has 9 heteroatoms. The maximum Gasteiger partial charge on any atom is 0.235 e. The first-order valence-electron chi connectivity index (χ1n) is 8.18. The Morgan fingerprint density at radius 2 is 2.13 bits per heavy atom. The second kappa shape index (κ2) is 7.85. The minimum absolute atomic E-state index is 0.0129. The van der Waals surface area contributed by atoms with Crippen molar-refractivity contribution in [1.82, 2.24) is 25.5 Å². The highest BCUT2D eigenvalue weighted by Crippen LogP contribution is 2.34. The van der Waals surface area contributed by atoms with Crippen LogP contribution in [0.15, 0.2) is 0 Å². The van der Waals surface area contributed by atoms with Gasteiger partial charge in [-0.25, -0.2) is 13.1 Å². The Morgan fingerprint density at radius 3 is 2.78 bits per heavy atom. The van der Waals surface area contributed by atoms with Crippen molar-refractivity contribution in [2.24, 2.45) is 0 Å². The number of nitrogens with zero attached hydrogens (tertiary/aromatic N) is 4. The normalized spacial score (nSPS) is 16.3. The number of rotatable bonds is 10. The van der Waals surface area contributed by atoms with Crippen molar-refractivity contribution in [2.45, 2.75) is 70.2 Å². The smallest absolute Gasteiger partial charge is 0.235 e. The minimum atomic E-state index is -3.58. The lowest BCUT2D eigenvalue weighted by Crippen LogP contribution is -2.37. The molecule has 0 aromatic carbocycles. The molecule has 1 heterocycles. The molecule has 0 saturated heterocycles. The van der Waals surface area contributed by atoms with Gasteiger partial charge in [0.2, 0.25) is 5.91 Å². The first-order valence-corrected chi connectivity index (χ1v) is 10.00. The second-order valence-electron chi connectivity index (χ2n) is 6.27. The molecular weight excluding hydrogens is 318 g/mol. The van der Waals surface area contributed by atoms with Crippen LogP contribution in [0.3, 0.4) is 0 Å². The van der Waals surface area contributed by atoms with Crippen LogP contribution in [0.1, 0.15) is 64.2 Å². The number of tetrazole rings is 1. The number of carbonyl (C=O) groups excluding carboxylic acids is 1. The zero-order valence-corrected chi connectivity index (χ0v) is 14.5. The predicted molar refractivity (Wildman–Crippen MR) is 85.3 cm³/mol. The number of sulfone groups is 1. The van der Waals surface area contributed by atoms with E-state index in [9.17, 15) is 13.2 Å². The maximum atomic E-state index is 12.2. The molecular formula is C14H25N5O3S. The van der Waals surface area contributed by atoms with Crippen LogP contribution in [0.2, 0.25) is 0 Å². The number of aromatic nitrogens is 4. The molecule has 2 rings (SSSR count). The van der Waals surface area contributed by atoms with Gasteiger partial charge in [0, 0.05) is 6.04 Å². The van der Waals surface area contributed by atoms with Crippen molar-refractivity contribution in [1.29, 1.82) is 0 Å². The third-order valence-electron chi connectivity index (χ3n) is 3.80. The summed E-state index contributed by atoms with van der Waals surface area (Å²) in [6.45, 7) is 4.01. The quantitative estimate of drug-likeness (QED) is 0.635. The van der Waals surface area contributed by atoms with E-state index in [1.165, 1.54) is 0 Å². The summed E-state index contributed by atoms with van der Waals surface area (Å²) in [7, 11) is -3.58. The lowest BCUT2D eigenvalue weighted by Gasteiger charge is -2.13. The minimum Gasteiger partial charge on any atom is -0.353 e. The molecule has 1 fully saturated rings. The highest BCUT2D eigenvalue weighted by atomic mass is 32.2. The number of nitrogens with one attached hydrogen (secondary N) is 1. The molecule has 1 N–H and O–H groups in total. The van der Waals surface area contributed by atoms with Gasteiger partial charge in [0.05, 0.1) is 6.04 Å². The van der Waals surface area contributed by atoms with E-state index in [1.54, 1.807) is 4.68 Å². The fourth-order valence-corrected chi connectivity index (χ4v) is 3.61. The van der Waals surface area contributed by atoms with Crippen LogP contribution in [0.4, 0.5) is 0 Å². The lowest BCUT2D eigenvalue weighted by atomic mass is 10.1. The van der Waals surface area contributed by atoms with E-state index in [2.05, 4.69) is 27.8 Å². The zero-order valence-electron chi connectivity index (χ0n) is 13.7. The molecule has 130 valence electrons. The lowest BCUT2D eigenvalue weighted by molar-refractivity contribution is -0.119. The van der Waals surface area contributed by atoms with Crippen molar-refractivity contribution < 1.29 is 13.2 Å². The van der Waals surface area contributed by atoms with Crippen molar-refractivity contribution in [3.63, 3.8) is 0 Å². The summed E-state index contributed by atoms with van der Waals surface area (Å²) in [5.74, 6) is -0.965. The van der Waals surface area contributed by atoms with E-state index < -0.39 is 21.5 Å². The number of hydrogen-bond acceptors (Lipinski definition) is 6. The van der Waals surface area contributed by atoms with Crippen molar-refractivity contribution >= 4 is 15.7 Å².